The standard InChI is InChI=1S/C19H23NO6/c1-19(2)25-17(21)13(18(22)26-19)11-20-14-9-6-10-15(23-3)16(14)24-12-7-4-5-8-12/h6,9-12,20H,4-5,7-8H2,1-3H3. The molecule has 1 heterocycles. The van der Waals surface area contributed by atoms with E-state index in [1.54, 1.807) is 25.3 Å². The van der Waals surface area contributed by atoms with Crippen LogP contribution in [0.5, 0.6) is 11.5 Å². The molecule has 3 rings (SSSR count). The predicted molar refractivity (Wildman–Crippen MR) is 93.8 cm³/mol. The van der Waals surface area contributed by atoms with Crippen molar-refractivity contribution in [2.75, 3.05) is 12.4 Å². The topological polar surface area (TPSA) is 83.1 Å². The van der Waals surface area contributed by atoms with Crippen molar-refractivity contribution in [1.29, 1.82) is 0 Å². The van der Waals surface area contributed by atoms with Crippen LogP contribution in [0.15, 0.2) is 30.0 Å². The molecule has 0 unspecified atom stereocenters. The fourth-order valence-corrected chi connectivity index (χ4v) is 3.01. The summed E-state index contributed by atoms with van der Waals surface area (Å²) in [6, 6.07) is 5.38. The lowest BCUT2D eigenvalue weighted by Gasteiger charge is -2.29. The quantitative estimate of drug-likeness (QED) is 0.490. The number of cyclic esters (lactones) is 2. The molecule has 0 spiro atoms. The number of anilines is 1. The Kier molecular flexibility index (Phi) is 5.06. The zero-order valence-electron chi connectivity index (χ0n) is 15.2. The van der Waals surface area contributed by atoms with E-state index in [-0.39, 0.29) is 11.7 Å². The number of carbonyl (C=O) groups excluding carboxylic acids is 2. The molecule has 1 aliphatic heterocycles. The fourth-order valence-electron chi connectivity index (χ4n) is 3.01. The van der Waals surface area contributed by atoms with Gasteiger partial charge in [-0.25, -0.2) is 9.59 Å². The number of rotatable bonds is 5. The van der Waals surface area contributed by atoms with Crippen LogP contribution in [0.4, 0.5) is 5.69 Å². The summed E-state index contributed by atoms with van der Waals surface area (Å²) in [5.74, 6) is -1.61. The first-order valence-corrected chi connectivity index (χ1v) is 8.66. The molecule has 7 heteroatoms. The van der Waals surface area contributed by atoms with E-state index >= 15 is 0 Å². The summed E-state index contributed by atoms with van der Waals surface area (Å²) in [6.07, 6.45) is 5.67. The number of ether oxygens (including phenoxy) is 4. The number of esters is 2. The second-order valence-electron chi connectivity index (χ2n) is 6.74. The van der Waals surface area contributed by atoms with E-state index in [0.717, 1.165) is 25.7 Å². The molecule has 1 saturated heterocycles. The second kappa shape index (κ2) is 7.27. The van der Waals surface area contributed by atoms with Gasteiger partial charge < -0.3 is 24.3 Å². The van der Waals surface area contributed by atoms with Gasteiger partial charge in [0.05, 0.1) is 18.9 Å². The molecule has 1 N–H and O–H groups in total. The summed E-state index contributed by atoms with van der Waals surface area (Å²) < 4.78 is 21.7. The first kappa shape index (κ1) is 18.1. The lowest BCUT2D eigenvalue weighted by Crippen LogP contribution is -2.42. The van der Waals surface area contributed by atoms with E-state index < -0.39 is 17.7 Å². The summed E-state index contributed by atoms with van der Waals surface area (Å²) in [6.45, 7) is 3.01. The molecular weight excluding hydrogens is 338 g/mol. The highest BCUT2D eigenvalue weighted by molar-refractivity contribution is 6.15. The van der Waals surface area contributed by atoms with E-state index in [9.17, 15) is 9.59 Å². The van der Waals surface area contributed by atoms with Gasteiger partial charge in [-0.05, 0) is 37.8 Å². The summed E-state index contributed by atoms with van der Waals surface area (Å²) >= 11 is 0. The number of hydrogen-bond acceptors (Lipinski definition) is 7. The Morgan fingerprint density at radius 3 is 2.42 bits per heavy atom. The van der Waals surface area contributed by atoms with E-state index in [4.69, 9.17) is 18.9 Å². The summed E-state index contributed by atoms with van der Waals surface area (Å²) in [5.41, 5.74) is 0.383. The van der Waals surface area contributed by atoms with Gasteiger partial charge in [0.1, 0.15) is 0 Å². The molecule has 1 aromatic carbocycles. The van der Waals surface area contributed by atoms with Crippen LogP contribution in [0.2, 0.25) is 0 Å². The van der Waals surface area contributed by atoms with E-state index in [2.05, 4.69) is 5.32 Å². The first-order valence-electron chi connectivity index (χ1n) is 8.66. The lowest BCUT2D eigenvalue weighted by molar-refractivity contribution is -0.222. The van der Waals surface area contributed by atoms with Crippen LogP contribution in [0.3, 0.4) is 0 Å². The predicted octanol–water partition coefficient (Wildman–Crippen LogP) is 3.15. The molecule has 0 atom stereocenters. The molecule has 1 saturated carbocycles. The van der Waals surface area contributed by atoms with Crippen LogP contribution >= 0.6 is 0 Å². The summed E-state index contributed by atoms with van der Waals surface area (Å²) in [4.78, 5) is 24.1. The summed E-state index contributed by atoms with van der Waals surface area (Å²) in [5, 5.41) is 2.95. The van der Waals surface area contributed by atoms with Crippen LogP contribution in [0.25, 0.3) is 0 Å². The van der Waals surface area contributed by atoms with Crippen LogP contribution < -0.4 is 14.8 Å². The van der Waals surface area contributed by atoms with Crippen molar-refractivity contribution >= 4 is 17.6 Å². The van der Waals surface area contributed by atoms with Crippen molar-refractivity contribution in [2.45, 2.75) is 51.4 Å². The van der Waals surface area contributed by atoms with Gasteiger partial charge >= 0.3 is 11.9 Å². The minimum Gasteiger partial charge on any atom is -0.493 e. The highest BCUT2D eigenvalue weighted by atomic mass is 16.7. The maximum absolute atomic E-state index is 12.0. The van der Waals surface area contributed by atoms with Crippen molar-refractivity contribution in [3.05, 3.63) is 30.0 Å². The Labute approximate surface area is 152 Å². The monoisotopic (exact) mass is 361 g/mol. The normalized spacial score (nSPS) is 19.6. The van der Waals surface area contributed by atoms with Gasteiger partial charge in [-0.1, -0.05) is 6.07 Å². The van der Waals surface area contributed by atoms with Crippen molar-refractivity contribution in [2.24, 2.45) is 0 Å². The van der Waals surface area contributed by atoms with E-state index in [1.165, 1.54) is 20.0 Å². The lowest BCUT2D eigenvalue weighted by atomic mass is 10.2. The van der Waals surface area contributed by atoms with Gasteiger partial charge in [0, 0.05) is 20.0 Å². The van der Waals surface area contributed by atoms with Gasteiger partial charge in [-0.2, -0.15) is 0 Å². The Morgan fingerprint density at radius 2 is 1.81 bits per heavy atom. The average molecular weight is 361 g/mol. The maximum atomic E-state index is 12.0. The van der Waals surface area contributed by atoms with Crippen LogP contribution in [0.1, 0.15) is 39.5 Å². The highest BCUT2D eigenvalue weighted by Gasteiger charge is 2.39. The molecule has 2 fully saturated rings. The molecule has 0 bridgehead atoms. The van der Waals surface area contributed by atoms with Gasteiger partial charge in [-0.3, -0.25) is 0 Å². The highest BCUT2D eigenvalue weighted by Crippen LogP contribution is 2.38. The zero-order valence-corrected chi connectivity index (χ0v) is 15.2. The largest absolute Gasteiger partial charge is 0.493 e. The third kappa shape index (κ3) is 3.92. The SMILES string of the molecule is COc1cccc(NC=C2C(=O)OC(C)(C)OC2=O)c1OC1CCCC1. The summed E-state index contributed by atoms with van der Waals surface area (Å²) in [7, 11) is 1.57. The minimum absolute atomic E-state index is 0.130. The molecule has 26 heavy (non-hydrogen) atoms. The van der Waals surface area contributed by atoms with Gasteiger partial charge in [-0.15, -0.1) is 0 Å². The smallest absolute Gasteiger partial charge is 0.350 e. The van der Waals surface area contributed by atoms with Crippen molar-refractivity contribution in [1.82, 2.24) is 0 Å². The third-order valence-corrected chi connectivity index (χ3v) is 4.27. The number of hydrogen-bond donors (Lipinski definition) is 1. The van der Waals surface area contributed by atoms with Gasteiger partial charge in [0.2, 0.25) is 0 Å². The van der Waals surface area contributed by atoms with E-state index in [1.807, 2.05) is 0 Å². The van der Waals surface area contributed by atoms with Crippen molar-refractivity contribution < 1.29 is 28.5 Å². The first-order chi connectivity index (χ1) is 12.4. The number of carbonyl (C=O) groups is 2. The van der Waals surface area contributed by atoms with E-state index in [0.29, 0.717) is 17.2 Å². The molecule has 140 valence electrons. The molecule has 1 aliphatic carbocycles. The second-order valence-corrected chi connectivity index (χ2v) is 6.74. The minimum atomic E-state index is -1.27. The Hall–Kier alpha value is -2.70. The molecular formula is C19H23NO6. The fraction of sp³-hybridized carbons (Fsp3) is 0.474. The molecule has 0 radical (unpaired) electrons. The third-order valence-electron chi connectivity index (χ3n) is 4.27. The number of nitrogens with one attached hydrogen (secondary N) is 1. The maximum Gasteiger partial charge on any atom is 0.350 e. The van der Waals surface area contributed by atoms with Crippen molar-refractivity contribution in [3.8, 4) is 11.5 Å². The molecule has 1 aromatic rings. The molecule has 0 amide bonds. The zero-order chi connectivity index (χ0) is 18.7. The average Bonchev–Trinajstić information content (AvgIpc) is 3.07. The van der Waals surface area contributed by atoms with Crippen molar-refractivity contribution in [3.63, 3.8) is 0 Å². The number of methoxy groups -OCH3 is 1. The Balaban J connectivity index is 1.83. The van der Waals surface area contributed by atoms with Gasteiger partial charge in [0.25, 0.3) is 5.79 Å². The Bertz CT molecular complexity index is 712. The molecule has 0 aromatic heterocycles. The van der Waals surface area contributed by atoms with Crippen LogP contribution in [-0.4, -0.2) is 30.9 Å². The molecule has 2 aliphatic rings. The number of para-hydroxylation sites is 1. The van der Waals surface area contributed by atoms with Crippen LogP contribution in [-0.2, 0) is 19.1 Å². The molecule has 7 nitrogen and oxygen atoms in total. The van der Waals surface area contributed by atoms with Crippen LogP contribution in [0, 0.1) is 0 Å². The number of benzene rings is 1. The van der Waals surface area contributed by atoms with Gasteiger partial charge in [0.15, 0.2) is 17.1 Å². The Morgan fingerprint density at radius 1 is 1.15 bits per heavy atom.